The molecule has 106 valence electrons. The molecular formula is C16H20N2O2. The van der Waals surface area contributed by atoms with Gasteiger partial charge in [0, 0.05) is 13.0 Å². The minimum atomic E-state index is -0.296. The van der Waals surface area contributed by atoms with Gasteiger partial charge in [0.1, 0.15) is 6.04 Å². The van der Waals surface area contributed by atoms with Crippen molar-refractivity contribution in [3.8, 4) is 0 Å². The SMILES string of the molecule is O=C1CCCCN2C[C@H]1NC(=O)[C@@H]2Cc1ccccc1. The van der Waals surface area contributed by atoms with Gasteiger partial charge in [-0.25, -0.2) is 0 Å². The molecule has 4 heteroatoms. The molecule has 3 atom stereocenters. The highest BCUT2D eigenvalue weighted by molar-refractivity contribution is 5.92. The van der Waals surface area contributed by atoms with Crippen molar-refractivity contribution in [3.05, 3.63) is 35.9 Å². The van der Waals surface area contributed by atoms with Crippen molar-refractivity contribution in [3.63, 3.8) is 0 Å². The summed E-state index contributed by atoms with van der Waals surface area (Å²) in [6.07, 6.45) is 3.24. The van der Waals surface area contributed by atoms with Crippen LogP contribution in [0.15, 0.2) is 30.3 Å². The normalized spacial score (nSPS) is 30.3. The topological polar surface area (TPSA) is 49.4 Å². The highest BCUT2D eigenvalue weighted by Gasteiger charge is 2.37. The van der Waals surface area contributed by atoms with E-state index in [1.807, 2.05) is 18.2 Å². The number of fused-ring (bicyclic) bond motifs is 2. The first-order valence-corrected chi connectivity index (χ1v) is 7.35. The molecule has 2 aliphatic rings. The monoisotopic (exact) mass is 272 g/mol. The molecule has 4 nitrogen and oxygen atoms in total. The third kappa shape index (κ3) is 2.75. The summed E-state index contributed by atoms with van der Waals surface area (Å²) in [7, 11) is 0. The average Bonchev–Trinajstić information content (AvgIpc) is 2.45. The van der Waals surface area contributed by atoms with Gasteiger partial charge in [0.05, 0.1) is 6.04 Å². The van der Waals surface area contributed by atoms with Crippen LogP contribution in [-0.4, -0.2) is 41.8 Å². The van der Waals surface area contributed by atoms with Gasteiger partial charge in [-0.1, -0.05) is 30.3 Å². The van der Waals surface area contributed by atoms with Crippen LogP contribution in [0.3, 0.4) is 0 Å². The second-order valence-electron chi connectivity index (χ2n) is 5.69. The van der Waals surface area contributed by atoms with Crippen LogP contribution in [0.2, 0.25) is 0 Å². The first-order chi connectivity index (χ1) is 9.74. The number of rotatable bonds is 2. The van der Waals surface area contributed by atoms with E-state index in [0.717, 1.165) is 19.4 Å². The van der Waals surface area contributed by atoms with Crippen molar-refractivity contribution in [2.75, 3.05) is 13.1 Å². The molecule has 1 amide bonds. The zero-order valence-corrected chi connectivity index (χ0v) is 11.5. The Labute approximate surface area is 119 Å². The van der Waals surface area contributed by atoms with E-state index in [9.17, 15) is 9.59 Å². The molecule has 2 heterocycles. The number of nitrogens with one attached hydrogen (secondary N) is 1. The van der Waals surface area contributed by atoms with Crippen LogP contribution in [0.4, 0.5) is 0 Å². The minimum Gasteiger partial charge on any atom is -0.344 e. The van der Waals surface area contributed by atoms with Crippen LogP contribution in [0, 0.1) is 0 Å². The molecule has 1 N–H and O–H groups in total. The fraction of sp³-hybridized carbons (Fsp3) is 0.500. The molecule has 2 fully saturated rings. The van der Waals surface area contributed by atoms with Gasteiger partial charge in [-0.3, -0.25) is 14.5 Å². The molecule has 0 aromatic heterocycles. The Hall–Kier alpha value is -1.68. The summed E-state index contributed by atoms with van der Waals surface area (Å²) in [5.74, 6) is 0.182. The lowest BCUT2D eigenvalue weighted by atomic mass is 9.95. The van der Waals surface area contributed by atoms with Gasteiger partial charge in [-0.2, -0.15) is 0 Å². The van der Waals surface area contributed by atoms with E-state index in [2.05, 4.69) is 22.3 Å². The molecule has 2 aliphatic heterocycles. The summed E-state index contributed by atoms with van der Waals surface area (Å²) in [4.78, 5) is 26.5. The molecular weight excluding hydrogens is 252 g/mol. The number of hydrogen-bond acceptors (Lipinski definition) is 3. The smallest absolute Gasteiger partial charge is 0.238 e. The summed E-state index contributed by atoms with van der Waals surface area (Å²) < 4.78 is 0. The number of ketones is 1. The lowest BCUT2D eigenvalue weighted by Gasteiger charge is -2.40. The van der Waals surface area contributed by atoms with Crippen LogP contribution in [-0.2, 0) is 16.0 Å². The van der Waals surface area contributed by atoms with Gasteiger partial charge in [0.2, 0.25) is 5.91 Å². The summed E-state index contributed by atoms with van der Waals surface area (Å²) in [6.45, 7) is 1.58. The fourth-order valence-corrected chi connectivity index (χ4v) is 3.12. The molecule has 2 saturated heterocycles. The number of benzene rings is 1. The number of nitrogens with zero attached hydrogens (tertiary/aromatic N) is 1. The first-order valence-electron chi connectivity index (χ1n) is 7.35. The van der Waals surface area contributed by atoms with Crippen molar-refractivity contribution in [2.24, 2.45) is 0 Å². The number of piperazine rings is 1. The largest absolute Gasteiger partial charge is 0.344 e. The minimum absolute atomic E-state index is 0.000327. The molecule has 0 saturated carbocycles. The third-order valence-corrected chi connectivity index (χ3v) is 4.26. The highest BCUT2D eigenvalue weighted by atomic mass is 16.2. The molecule has 1 aromatic carbocycles. The van der Waals surface area contributed by atoms with Gasteiger partial charge < -0.3 is 5.32 Å². The molecule has 20 heavy (non-hydrogen) atoms. The molecule has 0 aliphatic carbocycles. The Morgan fingerprint density at radius 3 is 2.75 bits per heavy atom. The quantitative estimate of drug-likeness (QED) is 0.878. The fourth-order valence-electron chi connectivity index (χ4n) is 3.12. The highest BCUT2D eigenvalue weighted by Crippen LogP contribution is 2.19. The van der Waals surface area contributed by atoms with Crippen LogP contribution in [0.1, 0.15) is 24.8 Å². The zero-order chi connectivity index (χ0) is 13.9. The zero-order valence-electron chi connectivity index (χ0n) is 11.5. The lowest BCUT2D eigenvalue weighted by molar-refractivity contribution is -0.137. The van der Waals surface area contributed by atoms with Crippen molar-refractivity contribution >= 4 is 11.7 Å². The number of hydrogen-bond donors (Lipinski definition) is 1. The van der Waals surface area contributed by atoms with E-state index in [1.54, 1.807) is 0 Å². The Morgan fingerprint density at radius 1 is 1.15 bits per heavy atom. The first kappa shape index (κ1) is 13.3. The van der Waals surface area contributed by atoms with Gasteiger partial charge in [-0.05, 0) is 31.4 Å². The van der Waals surface area contributed by atoms with Crippen molar-refractivity contribution < 1.29 is 9.59 Å². The van der Waals surface area contributed by atoms with Crippen molar-refractivity contribution in [1.29, 1.82) is 0 Å². The van der Waals surface area contributed by atoms with E-state index in [1.165, 1.54) is 5.56 Å². The molecule has 3 rings (SSSR count). The maximum absolute atomic E-state index is 12.3. The van der Waals surface area contributed by atoms with E-state index < -0.39 is 0 Å². The Kier molecular flexibility index (Phi) is 3.83. The van der Waals surface area contributed by atoms with Crippen LogP contribution >= 0.6 is 0 Å². The average molecular weight is 272 g/mol. The molecule has 2 bridgehead atoms. The molecule has 0 spiro atoms. The number of carbonyl (C=O) groups excluding carboxylic acids is 2. The Morgan fingerprint density at radius 2 is 1.95 bits per heavy atom. The standard InChI is InChI=1S/C16H20N2O2/c19-15-8-4-5-9-18-11-13(15)17-16(20)14(18)10-12-6-2-1-3-7-12/h1-3,6-7,13-14H,4-5,8-11H2,(H,17,20)/t13-,14+/m1/s1. The number of amides is 1. The lowest BCUT2D eigenvalue weighted by Crippen LogP contribution is -2.63. The van der Waals surface area contributed by atoms with E-state index in [-0.39, 0.29) is 23.8 Å². The summed E-state index contributed by atoms with van der Waals surface area (Å²) in [5.41, 5.74) is 1.17. The van der Waals surface area contributed by atoms with Crippen molar-refractivity contribution in [1.82, 2.24) is 10.2 Å². The van der Waals surface area contributed by atoms with Gasteiger partial charge in [0.25, 0.3) is 0 Å². The van der Waals surface area contributed by atoms with E-state index in [4.69, 9.17) is 0 Å². The van der Waals surface area contributed by atoms with E-state index >= 15 is 0 Å². The number of carbonyl (C=O) groups is 2. The predicted octanol–water partition coefficient (Wildman–Crippen LogP) is 1.15. The number of Topliss-reactive ketones (excluding diaryl/α,β-unsaturated/α-hetero) is 1. The van der Waals surface area contributed by atoms with Crippen molar-refractivity contribution in [2.45, 2.75) is 37.8 Å². The second kappa shape index (κ2) is 5.75. The second-order valence-corrected chi connectivity index (χ2v) is 5.69. The van der Waals surface area contributed by atoms with Gasteiger partial charge >= 0.3 is 0 Å². The summed E-state index contributed by atoms with van der Waals surface area (Å²) in [5, 5.41) is 2.91. The Balaban J connectivity index is 1.77. The van der Waals surface area contributed by atoms with Crippen LogP contribution in [0.25, 0.3) is 0 Å². The van der Waals surface area contributed by atoms with E-state index in [0.29, 0.717) is 19.4 Å². The third-order valence-electron chi connectivity index (χ3n) is 4.26. The predicted molar refractivity (Wildman–Crippen MR) is 76.3 cm³/mol. The molecule has 1 unspecified atom stereocenters. The maximum atomic E-state index is 12.3. The molecule has 1 aromatic rings. The maximum Gasteiger partial charge on any atom is 0.238 e. The van der Waals surface area contributed by atoms with Gasteiger partial charge in [0.15, 0.2) is 5.78 Å². The summed E-state index contributed by atoms with van der Waals surface area (Å²) >= 11 is 0. The van der Waals surface area contributed by atoms with Crippen LogP contribution in [0.5, 0.6) is 0 Å². The van der Waals surface area contributed by atoms with Crippen LogP contribution < -0.4 is 5.32 Å². The summed E-state index contributed by atoms with van der Waals surface area (Å²) in [6, 6.07) is 9.64. The molecule has 0 radical (unpaired) electrons. The van der Waals surface area contributed by atoms with Gasteiger partial charge in [-0.15, -0.1) is 0 Å². The Bertz CT molecular complexity index is 500.